The zero-order valence-electron chi connectivity index (χ0n) is 22.7. The highest BCUT2D eigenvalue weighted by Crippen LogP contribution is 2.43. The number of likely N-dealkylation sites (N-methyl/N-ethyl adjacent to an activating group) is 1. The maximum absolute atomic E-state index is 13.5. The van der Waals surface area contributed by atoms with Gasteiger partial charge in [0, 0.05) is 40.8 Å². The number of ketones is 1. The van der Waals surface area contributed by atoms with Crippen LogP contribution in [0.3, 0.4) is 0 Å². The van der Waals surface area contributed by atoms with E-state index in [0.717, 1.165) is 33.3 Å². The summed E-state index contributed by atoms with van der Waals surface area (Å²) in [4.78, 5) is 33.8. The lowest BCUT2D eigenvalue weighted by Crippen LogP contribution is -2.35. The summed E-state index contributed by atoms with van der Waals surface area (Å²) in [5.41, 5.74) is 5.03. The lowest BCUT2D eigenvalue weighted by atomic mass is 9.93. The number of likely N-dealkylation sites (tertiary alicyclic amines) is 1. The van der Waals surface area contributed by atoms with E-state index in [1.54, 1.807) is 23.1 Å². The Bertz CT molecular complexity index is 1570. The Hall–Kier alpha value is -4.36. The number of Topliss-reactive ketones (excluding diaryl/α,β-unsaturated/α-hetero) is 1. The lowest BCUT2D eigenvalue weighted by molar-refractivity contribution is -0.140. The molecule has 0 radical (unpaired) electrons. The molecular formula is C32H33N3O4. The van der Waals surface area contributed by atoms with E-state index in [0.29, 0.717) is 31.0 Å². The summed E-state index contributed by atoms with van der Waals surface area (Å²) >= 11 is 0. The summed E-state index contributed by atoms with van der Waals surface area (Å²) in [6, 6.07) is 22.3. The molecule has 1 aliphatic rings. The number of para-hydroxylation sites is 1. The van der Waals surface area contributed by atoms with Crippen LogP contribution in [0.4, 0.5) is 0 Å². The second-order valence-electron chi connectivity index (χ2n) is 10.3. The molecule has 0 saturated carbocycles. The fourth-order valence-electron chi connectivity index (χ4n) is 5.22. The first-order chi connectivity index (χ1) is 18.8. The predicted molar refractivity (Wildman–Crippen MR) is 153 cm³/mol. The molecular weight excluding hydrogens is 490 g/mol. The molecule has 3 aromatic carbocycles. The number of nitrogens with one attached hydrogen (secondary N) is 1. The van der Waals surface area contributed by atoms with Gasteiger partial charge in [0.1, 0.15) is 18.1 Å². The van der Waals surface area contributed by atoms with Gasteiger partial charge >= 0.3 is 0 Å². The Morgan fingerprint density at radius 2 is 1.72 bits per heavy atom. The fraction of sp³-hybridized carbons (Fsp3) is 0.250. The van der Waals surface area contributed by atoms with Gasteiger partial charge in [-0.05, 0) is 63.3 Å². The van der Waals surface area contributed by atoms with Gasteiger partial charge in [-0.3, -0.25) is 9.59 Å². The SMILES string of the molecule is Cc1cc(/C(O)=C2\C(=O)C(=O)N(CCN(C)C)C2c2c(C)[nH]c3ccccc23)ccc1OCc1ccccc1. The Labute approximate surface area is 228 Å². The van der Waals surface area contributed by atoms with Crippen molar-refractivity contribution < 1.29 is 19.4 Å². The number of rotatable bonds is 8. The van der Waals surface area contributed by atoms with Crippen LogP contribution in [0.1, 0.15) is 34.0 Å². The number of aryl methyl sites for hydroxylation is 2. The van der Waals surface area contributed by atoms with Gasteiger partial charge in [-0.1, -0.05) is 48.5 Å². The number of hydrogen-bond donors (Lipinski definition) is 2. The molecule has 39 heavy (non-hydrogen) atoms. The van der Waals surface area contributed by atoms with E-state index < -0.39 is 17.7 Å². The number of fused-ring (bicyclic) bond motifs is 1. The first kappa shape index (κ1) is 26.3. The van der Waals surface area contributed by atoms with Gasteiger partial charge in [0.25, 0.3) is 11.7 Å². The van der Waals surface area contributed by atoms with Crippen LogP contribution in [-0.2, 0) is 16.2 Å². The number of carbonyl (C=O) groups is 2. The van der Waals surface area contributed by atoms with Crippen molar-refractivity contribution in [2.75, 3.05) is 27.2 Å². The van der Waals surface area contributed by atoms with Crippen LogP contribution in [0, 0.1) is 13.8 Å². The molecule has 0 bridgehead atoms. The summed E-state index contributed by atoms with van der Waals surface area (Å²) in [6.07, 6.45) is 0. The highest BCUT2D eigenvalue weighted by Gasteiger charge is 2.47. The molecule has 1 unspecified atom stereocenters. The van der Waals surface area contributed by atoms with Crippen molar-refractivity contribution in [3.8, 4) is 5.75 Å². The highest BCUT2D eigenvalue weighted by molar-refractivity contribution is 6.46. The minimum absolute atomic E-state index is 0.101. The number of ether oxygens (including phenoxy) is 1. The zero-order chi connectivity index (χ0) is 27.7. The summed E-state index contributed by atoms with van der Waals surface area (Å²) in [6.45, 7) is 5.18. The molecule has 7 heteroatoms. The normalized spacial score (nSPS) is 16.9. The third-order valence-electron chi connectivity index (χ3n) is 7.23. The molecule has 1 fully saturated rings. The Morgan fingerprint density at radius 3 is 2.44 bits per heavy atom. The minimum Gasteiger partial charge on any atom is -0.507 e. The maximum atomic E-state index is 13.5. The van der Waals surface area contributed by atoms with Crippen molar-refractivity contribution in [1.82, 2.24) is 14.8 Å². The molecule has 1 saturated heterocycles. The highest BCUT2D eigenvalue weighted by atomic mass is 16.5. The van der Waals surface area contributed by atoms with Crippen LogP contribution < -0.4 is 4.74 Å². The summed E-state index contributed by atoms with van der Waals surface area (Å²) in [7, 11) is 3.85. The third-order valence-corrected chi connectivity index (χ3v) is 7.23. The molecule has 2 N–H and O–H groups in total. The van der Waals surface area contributed by atoms with E-state index in [2.05, 4.69) is 4.98 Å². The monoisotopic (exact) mass is 523 g/mol. The van der Waals surface area contributed by atoms with Crippen molar-refractivity contribution in [2.45, 2.75) is 26.5 Å². The van der Waals surface area contributed by atoms with Gasteiger partial charge in [0.2, 0.25) is 0 Å². The lowest BCUT2D eigenvalue weighted by Gasteiger charge is -2.27. The fourth-order valence-corrected chi connectivity index (χ4v) is 5.22. The van der Waals surface area contributed by atoms with Crippen LogP contribution in [0.2, 0.25) is 0 Å². The summed E-state index contributed by atoms with van der Waals surface area (Å²) in [5, 5.41) is 12.5. The molecule has 0 spiro atoms. The van der Waals surface area contributed by atoms with Crippen LogP contribution in [-0.4, -0.2) is 58.8 Å². The molecule has 7 nitrogen and oxygen atoms in total. The predicted octanol–water partition coefficient (Wildman–Crippen LogP) is 5.35. The van der Waals surface area contributed by atoms with Crippen molar-refractivity contribution in [1.29, 1.82) is 0 Å². The standard InChI is InChI=1S/C32H33N3O4/c1-20-18-23(14-15-26(20)39-19-22-10-6-5-7-11-22)30(36)28-29(35(17-16-34(3)4)32(38)31(28)37)27-21(2)33-25-13-9-8-12-24(25)27/h5-15,18,29,33,36H,16-17,19H2,1-4H3/b30-28+. The van der Waals surface area contributed by atoms with E-state index >= 15 is 0 Å². The van der Waals surface area contributed by atoms with E-state index in [4.69, 9.17) is 4.74 Å². The summed E-state index contributed by atoms with van der Waals surface area (Å²) in [5.74, 6) is -0.783. The first-order valence-corrected chi connectivity index (χ1v) is 13.0. The van der Waals surface area contributed by atoms with E-state index in [1.807, 2.05) is 87.4 Å². The second-order valence-corrected chi connectivity index (χ2v) is 10.3. The Balaban J connectivity index is 1.57. The summed E-state index contributed by atoms with van der Waals surface area (Å²) < 4.78 is 6.00. The number of aromatic nitrogens is 1. The third kappa shape index (κ3) is 5.05. The topological polar surface area (TPSA) is 85.9 Å². The van der Waals surface area contributed by atoms with Crippen LogP contribution in [0.5, 0.6) is 5.75 Å². The first-order valence-electron chi connectivity index (χ1n) is 13.0. The molecule has 200 valence electrons. The van der Waals surface area contributed by atoms with Crippen LogP contribution in [0.25, 0.3) is 16.7 Å². The number of carbonyl (C=O) groups excluding carboxylic acids is 2. The number of aliphatic hydroxyl groups is 1. The van der Waals surface area contributed by atoms with Crippen LogP contribution >= 0.6 is 0 Å². The number of hydrogen-bond acceptors (Lipinski definition) is 5. The average Bonchev–Trinajstić information content (AvgIpc) is 3.38. The molecule has 1 amide bonds. The molecule has 4 aromatic rings. The van der Waals surface area contributed by atoms with Gasteiger partial charge in [0.05, 0.1) is 11.6 Å². The van der Waals surface area contributed by atoms with E-state index in [1.165, 1.54) is 0 Å². The van der Waals surface area contributed by atoms with Crippen molar-refractivity contribution >= 4 is 28.4 Å². The van der Waals surface area contributed by atoms with Gasteiger partial charge in [0.15, 0.2) is 0 Å². The molecule has 1 aliphatic heterocycles. The zero-order valence-corrected chi connectivity index (χ0v) is 22.7. The van der Waals surface area contributed by atoms with Crippen molar-refractivity contribution in [3.05, 3.63) is 106 Å². The number of aromatic amines is 1. The number of benzene rings is 3. The number of H-pyrrole nitrogens is 1. The maximum Gasteiger partial charge on any atom is 0.295 e. The Morgan fingerprint density at radius 1 is 1.00 bits per heavy atom. The molecule has 0 aliphatic carbocycles. The number of nitrogens with zero attached hydrogens (tertiary/aromatic N) is 2. The average molecular weight is 524 g/mol. The number of aliphatic hydroxyl groups excluding tert-OH is 1. The van der Waals surface area contributed by atoms with E-state index in [9.17, 15) is 14.7 Å². The van der Waals surface area contributed by atoms with E-state index in [-0.39, 0.29) is 11.3 Å². The van der Waals surface area contributed by atoms with Crippen molar-refractivity contribution in [2.24, 2.45) is 0 Å². The quantitative estimate of drug-likeness (QED) is 0.185. The molecule has 5 rings (SSSR count). The van der Waals surface area contributed by atoms with Crippen molar-refractivity contribution in [3.63, 3.8) is 0 Å². The van der Waals surface area contributed by atoms with Gasteiger partial charge in [-0.25, -0.2) is 0 Å². The smallest absolute Gasteiger partial charge is 0.295 e. The number of amides is 1. The van der Waals surface area contributed by atoms with Gasteiger partial charge in [-0.15, -0.1) is 0 Å². The Kier molecular flexibility index (Phi) is 7.26. The molecule has 1 atom stereocenters. The molecule has 1 aromatic heterocycles. The van der Waals surface area contributed by atoms with Gasteiger partial charge < -0.3 is 24.6 Å². The largest absolute Gasteiger partial charge is 0.507 e. The minimum atomic E-state index is -0.713. The van der Waals surface area contributed by atoms with Crippen LogP contribution in [0.15, 0.2) is 78.4 Å². The molecule has 2 heterocycles. The van der Waals surface area contributed by atoms with Gasteiger partial charge in [-0.2, -0.15) is 0 Å². The second kappa shape index (κ2) is 10.8.